The van der Waals surface area contributed by atoms with Gasteiger partial charge in [0.2, 0.25) is 0 Å². The van der Waals surface area contributed by atoms with Crippen LogP contribution in [0.25, 0.3) is 21.8 Å². The second-order valence-corrected chi connectivity index (χ2v) is 6.48. The number of aromatic nitrogens is 2. The minimum Gasteiger partial charge on any atom is -0.486 e. The molecule has 0 unspecified atom stereocenters. The maximum Gasteiger partial charge on any atom is 0.148 e. The number of ether oxygens (including phenoxy) is 1. The van der Waals surface area contributed by atoms with E-state index < -0.39 is 0 Å². The zero-order chi connectivity index (χ0) is 18.1. The largest absolute Gasteiger partial charge is 0.486 e. The van der Waals surface area contributed by atoms with E-state index in [4.69, 9.17) is 14.1 Å². The Morgan fingerprint density at radius 2 is 1.70 bits per heavy atom. The van der Waals surface area contributed by atoms with Gasteiger partial charge in [-0.15, -0.1) is 0 Å². The van der Waals surface area contributed by atoms with Crippen molar-refractivity contribution < 1.29 is 9.15 Å². The van der Waals surface area contributed by atoms with Crippen molar-refractivity contribution in [2.24, 2.45) is 0 Å². The molecule has 2 heterocycles. The summed E-state index contributed by atoms with van der Waals surface area (Å²) in [6, 6.07) is 26.4. The van der Waals surface area contributed by atoms with Crippen LogP contribution in [-0.4, -0.2) is 9.55 Å². The number of furan rings is 1. The first-order valence-electron chi connectivity index (χ1n) is 8.95. The lowest BCUT2D eigenvalue weighted by molar-refractivity contribution is 0.290. The van der Waals surface area contributed by atoms with Crippen LogP contribution < -0.4 is 4.74 Å². The highest BCUT2D eigenvalue weighted by Crippen LogP contribution is 2.23. The Bertz CT molecular complexity index is 1210. The topological polar surface area (TPSA) is 40.2 Å². The Labute approximate surface area is 156 Å². The van der Waals surface area contributed by atoms with Crippen LogP contribution in [0.15, 0.2) is 89.5 Å². The number of para-hydroxylation sites is 2. The van der Waals surface area contributed by atoms with Crippen molar-refractivity contribution in [2.45, 2.75) is 13.2 Å². The van der Waals surface area contributed by atoms with Gasteiger partial charge in [0.1, 0.15) is 23.9 Å². The summed E-state index contributed by atoms with van der Waals surface area (Å²) in [4.78, 5) is 4.77. The van der Waals surface area contributed by atoms with Gasteiger partial charge in [0.05, 0.1) is 23.8 Å². The second kappa shape index (κ2) is 6.65. The van der Waals surface area contributed by atoms with E-state index in [9.17, 15) is 0 Å². The van der Waals surface area contributed by atoms with Crippen LogP contribution in [0.4, 0.5) is 0 Å². The van der Waals surface area contributed by atoms with Crippen molar-refractivity contribution in [2.75, 3.05) is 0 Å². The first-order valence-corrected chi connectivity index (χ1v) is 8.95. The van der Waals surface area contributed by atoms with Crippen molar-refractivity contribution >= 4 is 21.8 Å². The highest BCUT2D eigenvalue weighted by molar-refractivity contribution is 5.83. The number of hydrogen-bond acceptors (Lipinski definition) is 3. The van der Waals surface area contributed by atoms with Gasteiger partial charge in [0.25, 0.3) is 0 Å². The van der Waals surface area contributed by atoms with E-state index in [1.54, 1.807) is 6.26 Å². The first kappa shape index (κ1) is 15.7. The van der Waals surface area contributed by atoms with Crippen LogP contribution in [0.2, 0.25) is 0 Å². The molecule has 3 aromatic carbocycles. The summed E-state index contributed by atoms with van der Waals surface area (Å²) in [5.41, 5.74) is 2.03. The SMILES string of the molecule is c1coc(Cn2c(COc3ccc4ccccc4c3)nc3ccccc32)c1. The molecule has 0 bridgehead atoms. The lowest BCUT2D eigenvalue weighted by atomic mass is 10.1. The summed E-state index contributed by atoms with van der Waals surface area (Å²) in [6.45, 7) is 1.03. The van der Waals surface area contributed by atoms with Crippen LogP contribution in [0.3, 0.4) is 0 Å². The average molecular weight is 354 g/mol. The molecular formula is C23H18N2O2. The Morgan fingerprint density at radius 3 is 2.59 bits per heavy atom. The molecular weight excluding hydrogens is 336 g/mol. The van der Waals surface area contributed by atoms with E-state index >= 15 is 0 Å². The van der Waals surface area contributed by atoms with Gasteiger partial charge in [-0.3, -0.25) is 0 Å². The summed E-state index contributed by atoms with van der Waals surface area (Å²) in [5, 5.41) is 2.37. The minimum absolute atomic E-state index is 0.397. The third-order valence-electron chi connectivity index (χ3n) is 4.72. The Morgan fingerprint density at radius 1 is 0.852 bits per heavy atom. The van der Waals surface area contributed by atoms with Crippen LogP contribution in [0.5, 0.6) is 5.75 Å². The standard InChI is InChI=1S/C23H18N2O2/c1-2-7-18-14-19(12-11-17(18)6-1)27-16-23-24-21-9-3-4-10-22(21)25(23)15-20-8-5-13-26-20/h1-14H,15-16H2. The number of fused-ring (bicyclic) bond motifs is 2. The van der Waals surface area contributed by atoms with E-state index in [0.29, 0.717) is 13.2 Å². The summed E-state index contributed by atoms with van der Waals surface area (Å²) >= 11 is 0. The highest BCUT2D eigenvalue weighted by Gasteiger charge is 2.12. The third-order valence-corrected chi connectivity index (χ3v) is 4.72. The van der Waals surface area contributed by atoms with Gasteiger partial charge < -0.3 is 13.7 Å². The monoisotopic (exact) mass is 354 g/mol. The Balaban J connectivity index is 1.46. The van der Waals surface area contributed by atoms with Crippen LogP contribution in [-0.2, 0) is 13.2 Å². The van der Waals surface area contributed by atoms with Crippen LogP contribution in [0, 0.1) is 0 Å². The van der Waals surface area contributed by atoms with Crippen molar-refractivity contribution in [1.29, 1.82) is 0 Å². The van der Waals surface area contributed by atoms with Crippen LogP contribution in [0.1, 0.15) is 11.6 Å². The fourth-order valence-corrected chi connectivity index (χ4v) is 3.38. The van der Waals surface area contributed by atoms with E-state index in [1.165, 1.54) is 10.8 Å². The first-order chi connectivity index (χ1) is 13.4. The van der Waals surface area contributed by atoms with E-state index in [0.717, 1.165) is 28.4 Å². The number of rotatable bonds is 5. The zero-order valence-electron chi connectivity index (χ0n) is 14.7. The number of benzene rings is 3. The predicted octanol–water partition coefficient (Wildman–Crippen LogP) is 5.41. The lowest BCUT2D eigenvalue weighted by Gasteiger charge is -2.10. The molecule has 27 heavy (non-hydrogen) atoms. The maximum absolute atomic E-state index is 6.08. The molecule has 0 saturated carbocycles. The number of nitrogens with zero attached hydrogens (tertiary/aromatic N) is 2. The molecule has 0 saturated heterocycles. The molecule has 5 rings (SSSR count). The van der Waals surface area contributed by atoms with Gasteiger partial charge in [-0.1, -0.05) is 42.5 Å². The van der Waals surface area contributed by atoms with Crippen molar-refractivity contribution in [1.82, 2.24) is 9.55 Å². The minimum atomic E-state index is 0.397. The Hall–Kier alpha value is -3.53. The lowest BCUT2D eigenvalue weighted by Crippen LogP contribution is -2.08. The molecule has 4 heteroatoms. The van der Waals surface area contributed by atoms with Crippen molar-refractivity contribution in [3.05, 3.63) is 96.7 Å². The van der Waals surface area contributed by atoms with Crippen LogP contribution >= 0.6 is 0 Å². The normalized spacial score (nSPS) is 11.3. The smallest absolute Gasteiger partial charge is 0.148 e. The van der Waals surface area contributed by atoms with Gasteiger partial charge in [0, 0.05) is 0 Å². The number of hydrogen-bond donors (Lipinski definition) is 0. The quantitative estimate of drug-likeness (QED) is 0.424. The molecule has 0 fully saturated rings. The van der Waals surface area contributed by atoms with Crippen molar-refractivity contribution in [3.63, 3.8) is 0 Å². The fraction of sp³-hybridized carbons (Fsp3) is 0.0870. The van der Waals surface area contributed by atoms with Crippen molar-refractivity contribution in [3.8, 4) is 5.75 Å². The molecule has 0 aliphatic rings. The molecule has 5 aromatic rings. The molecule has 4 nitrogen and oxygen atoms in total. The summed E-state index contributed by atoms with van der Waals surface area (Å²) < 4.78 is 13.8. The molecule has 0 amide bonds. The van der Waals surface area contributed by atoms with Gasteiger partial charge >= 0.3 is 0 Å². The number of imidazole rings is 1. The van der Waals surface area contributed by atoms with E-state index in [1.807, 2.05) is 48.5 Å². The highest BCUT2D eigenvalue weighted by atomic mass is 16.5. The molecule has 0 N–H and O–H groups in total. The molecule has 0 aliphatic heterocycles. The summed E-state index contributed by atoms with van der Waals surface area (Å²) in [7, 11) is 0. The van der Waals surface area contributed by atoms with Gasteiger partial charge in [-0.05, 0) is 47.2 Å². The fourth-order valence-electron chi connectivity index (χ4n) is 3.38. The predicted molar refractivity (Wildman–Crippen MR) is 106 cm³/mol. The Kier molecular flexibility index (Phi) is 3.87. The third kappa shape index (κ3) is 3.06. The van der Waals surface area contributed by atoms with Gasteiger partial charge in [0.15, 0.2) is 0 Å². The molecule has 2 aromatic heterocycles. The molecule has 0 atom stereocenters. The summed E-state index contributed by atoms with van der Waals surface area (Å²) in [6.07, 6.45) is 1.69. The molecule has 132 valence electrons. The maximum atomic E-state index is 6.08. The molecule has 0 spiro atoms. The van der Waals surface area contributed by atoms with Gasteiger partial charge in [-0.2, -0.15) is 0 Å². The molecule has 0 aliphatic carbocycles. The van der Waals surface area contributed by atoms with E-state index in [2.05, 4.69) is 34.9 Å². The zero-order valence-corrected chi connectivity index (χ0v) is 14.7. The average Bonchev–Trinajstić information content (AvgIpc) is 3.35. The second-order valence-electron chi connectivity index (χ2n) is 6.48. The van der Waals surface area contributed by atoms with Gasteiger partial charge in [-0.25, -0.2) is 4.98 Å². The molecule has 0 radical (unpaired) electrons. The summed E-state index contributed by atoms with van der Waals surface area (Å²) in [5.74, 6) is 2.61. The van der Waals surface area contributed by atoms with E-state index in [-0.39, 0.29) is 0 Å².